The molecular formula is C12H15Br2NO2S. The third-order valence-corrected chi connectivity index (χ3v) is 5.52. The molecule has 0 spiro atoms. The van der Waals surface area contributed by atoms with E-state index in [0.717, 1.165) is 39.1 Å². The van der Waals surface area contributed by atoms with Crippen molar-refractivity contribution in [2.75, 3.05) is 26.2 Å². The minimum atomic E-state index is 0.141. The maximum absolute atomic E-state index is 12.2. The Labute approximate surface area is 127 Å². The van der Waals surface area contributed by atoms with Crippen LogP contribution in [-0.4, -0.2) is 42.0 Å². The molecule has 0 aromatic carbocycles. The van der Waals surface area contributed by atoms with Crippen molar-refractivity contribution in [1.82, 2.24) is 4.90 Å². The summed E-state index contributed by atoms with van der Waals surface area (Å²) in [6, 6.07) is 1.87. The number of likely N-dealkylation sites (tertiary alicyclic amines) is 1. The average molecular weight is 397 g/mol. The standard InChI is InChI=1S/C12H15Br2NO2S/c13-11-4-9(12(14)18-11)10(17)6-15-3-1-2-8(5-15)7-16/h4,8,16H,1-3,5-7H2. The zero-order valence-corrected chi connectivity index (χ0v) is 13.9. The zero-order chi connectivity index (χ0) is 13.1. The molecule has 1 unspecified atom stereocenters. The second kappa shape index (κ2) is 6.61. The van der Waals surface area contributed by atoms with Crippen LogP contribution < -0.4 is 0 Å². The van der Waals surface area contributed by atoms with Gasteiger partial charge in [0.25, 0.3) is 0 Å². The Balaban J connectivity index is 1.97. The van der Waals surface area contributed by atoms with Crippen molar-refractivity contribution in [3.63, 3.8) is 0 Å². The summed E-state index contributed by atoms with van der Waals surface area (Å²) in [5.74, 6) is 0.464. The highest BCUT2D eigenvalue weighted by atomic mass is 79.9. The van der Waals surface area contributed by atoms with Crippen molar-refractivity contribution in [2.24, 2.45) is 5.92 Å². The Bertz CT molecular complexity index is 436. The van der Waals surface area contributed by atoms with E-state index in [1.165, 1.54) is 11.3 Å². The molecule has 100 valence electrons. The Kier molecular flexibility index (Phi) is 5.38. The predicted molar refractivity (Wildman–Crippen MR) is 80.3 cm³/mol. The monoisotopic (exact) mass is 395 g/mol. The molecule has 0 amide bonds. The molecule has 2 rings (SSSR count). The Morgan fingerprint density at radius 3 is 2.94 bits per heavy atom. The average Bonchev–Trinajstić information content (AvgIpc) is 2.69. The number of aliphatic hydroxyl groups excluding tert-OH is 1. The van der Waals surface area contributed by atoms with Crippen LogP contribution in [0.5, 0.6) is 0 Å². The highest BCUT2D eigenvalue weighted by Crippen LogP contribution is 2.32. The van der Waals surface area contributed by atoms with Crippen LogP contribution in [0.1, 0.15) is 23.2 Å². The second-order valence-corrected chi connectivity index (χ2v) is 8.34. The fourth-order valence-electron chi connectivity index (χ4n) is 2.26. The van der Waals surface area contributed by atoms with Gasteiger partial charge in [-0.05, 0) is 63.2 Å². The van der Waals surface area contributed by atoms with Crippen molar-refractivity contribution in [3.05, 3.63) is 19.2 Å². The van der Waals surface area contributed by atoms with Gasteiger partial charge in [-0.25, -0.2) is 0 Å². The van der Waals surface area contributed by atoms with Crippen molar-refractivity contribution in [2.45, 2.75) is 12.8 Å². The van der Waals surface area contributed by atoms with E-state index in [4.69, 9.17) is 0 Å². The maximum Gasteiger partial charge on any atom is 0.178 e. The number of rotatable bonds is 4. The molecule has 6 heteroatoms. The van der Waals surface area contributed by atoms with E-state index in [1.807, 2.05) is 6.07 Å². The molecule has 1 N–H and O–H groups in total. The summed E-state index contributed by atoms with van der Waals surface area (Å²) in [5, 5.41) is 9.18. The largest absolute Gasteiger partial charge is 0.396 e. The number of carbonyl (C=O) groups excluding carboxylic acids is 1. The Morgan fingerprint density at radius 2 is 2.33 bits per heavy atom. The lowest BCUT2D eigenvalue weighted by molar-refractivity contribution is 0.0833. The molecule has 2 heterocycles. The molecular weight excluding hydrogens is 382 g/mol. The molecule has 1 fully saturated rings. The van der Waals surface area contributed by atoms with Crippen LogP contribution in [0.4, 0.5) is 0 Å². The number of Topliss-reactive ketones (excluding diaryl/α,β-unsaturated/α-hetero) is 1. The molecule has 1 aliphatic rings. The summed E-state index contributed by atoms with van der Waals surface area (Å²) in [7, 11) is 0. The Morgan fingerprint density at radius 1 is 1.56 bits per heavy atom. The van der Waals surface area contributed by atoms with E-state index in [2.05, 4.69) is 36.8 Å². The molecule has 0 radical (unpaired) electrons. The van der Waals surface area contributed by atoms with Gasteiger partial charge in [-0.3, -0.25) is 9.69 Å². The van der Waals surface area contributed by atoms with Gasteiger partial charge in [0.1, 0.15) is 0 Å². The van der Waals surface area contributed by atoms with Gasteiger partial charge in [-0.15, -0.1) is 11.3 Å². The number of ketones is 1. The van der Waals surface area contributed by atoms with Crippen molar-refractivity contribution >= 4 is 49.0 Å². The lowest BCUT2D eigenvalue weighted by Crippen LogP contribution is -2.39. The van der Waals surface area contributed by atoms with E-state index in [1.54, 1.807) is 0 Å². The number of piperidine rings is 1. The van der Waals surface area contributed by atoms with E-state index in [-0.39, 0.29) is 12.4 Å². The second-order valence-electron chi connectivity index (χ2n) is 4.59. The number of aliphatic hydroxyl groups is 1. The molecule has 0 bridgehead atoms. The van der Waals surface area contributed by atoms with Gasteiger partial charge in [-0.1, -0.05) is 0 Å². The molecule has 0 aliphatic carbocycles. The normalized spacial score (nSPS) is 21.2. The lowest BCUT2D eigenvalue weighted by atomic mass is 9.98. The van der Waals surface area contributed by atoms with Crippen LogP contribution in [0.2, 0.25) is 0 Å². The first kappa shape index (κ1) is 14.7. The lowest BCUT2D eigenvalue weighted by Gasteiger charge is -2.31. The SMILES string of the molecule is O=C(CN1CCCC(CO)C1)c1cc(Br)sc1Br. The van der Waals surface area contributed by atoms with Crippen LogP contribution in [0.3, 0.4) is 0 Å². The third kappa shape index (κ3) is 3.63. The fraction of sp³-hybridized carbons (Fsp3) is 0.583. The van der Waals surface area contributed by atoms with Gasteiger partial charge in [-0.2, -0.15) is 0 Å². The van der Waals surface area contributed by atoms with Crippen LogP contribution in [0.25, 0.3) is 0 Å². The number of carbonyl (C=O) groups is 1. The summed E-state index contributed by atoms with van der Waals surface area (Å²) in [5.41, 5.74) is 0.748. The van der Waals surface area contributed by atoms with Gasteiger partial charge in [0.05, 0.1) is 14.1 Å². The summed E-state index contributed by atoms with van der Waals surface area (Å²) in [4.78, 5) is 14.3. The van der Waals surface area contributed by atoms with Crippen molar-refractivity contribution in [1.29, 1.82) is 0 Å². The molecule has 1 aromatic heterocycles. The minimum absolute atomic E-state index is 0.141. The van der Waals surface area contributed by atoms with E-state index >= 15 is 0 Å². The zero-order valence-electron chi connectivity index (χ0n) is 9.86. The summed E-state index contributed by atoms with van der Waals surface area (Å²) in [6.45, 7) is 2.44. The van der Waals surface area contributed by atoms with Crippen molar-refractivity contribution < 1.29 is 9.90 Å². The number of hydrogen-bond acceptors (Lipinski definition) is 4. The van der Waals surface area contributed by atoms with Gasteiger partial charge in [0.2, 0.25) is 0 Å². The van der Waals surface area contributed by atoms with Crippen LogP contribution in [0, 0.1) is 5.92 Å². The predicted octanol–water partition coefficient (Wildman–Crippen LogP) is 3.16. The molecule has 3 nitrogen and oxygen atoms in total. The first-order valence-electron chi connectivity index (χ1n) is 5.91. The maximum atomic E-state index is 12.2. The van der Waals surface area contributed by atoms with Crippen LogP contribution >= 0.6 is 43.2 Å². The van der Waals surface area contributed by atoms with E-state index in [0.29, 0.717) is 12.5 Å². The van der Waals surface area contributed by atoms with Crippen molar-refractivity contribution in [3.8, 4) is 0 Å². The van der Waals surface area contributed by atoms with E-state index < -0.39 is 0 Å². The quantitative estimate of drug-likeness (QED) is 0.794. The van der Waals surface area contributed by atoms with E-state index in [9.17, 15) is 9.90 Å². The number of thiophene rings is 1. The molecule has 1 saturated heterocycles. The van der Waals surface area contributed by atoms with Gasteiger partial charge in [0.15, 0.2) is 5.78 Å². The summed E-state index contributed by atoms with van der Waals surface area (Å²) >= 11 is 8.32. The van der Waals surface area contributed by atoms with Gasteiger partial charge in [0, 0.05) is 18.7 Å². The first-order valence-corrected chi connectivity index (χ1v) is 8.31. The molecule has 0 saturated carbocycles. The summed E-state index contributed by atoms with van der Waals surface area (Å²) in [6.07, 6.45) is 2.13. The van der Waals surface area contributed by atoms with Gasteiger partial charge < -0.3 is 5.11 Å². The summed E-state index contributed by atoms with van der Waals surface area (Å²) < 4.78 is 1.85. The Hall–Kier alpha value is 0.250. The fourth-order valence-corrected chi connectivity index (χ4v) is 5.12. The topological polar surface area (TPSA) is 40.5 Å². The number of halogens is 2. The van der Waals surface area contributed by atoms with Crippen LogP contribution in [-0.2, 0) is 0 Å². The smallest absolute Gasteiger partial charge is 0.178 e. The van der Waals surface area contributed by atoms with Gasteiger partial charge >= 0.3 is 0 Å². The third-order valence-electron chi connectivity index (χ3n) is 3.19. The highest BCUT2D eigenvalue weighted by Gasteiger charge is 2.22. The molecule has 18 heavy (non-hydrogen) atoms. The number of hydrogen-bond donors (Lipinski definition) is 1. The molecule has 1 aliphatic heterocycles. The molecule has 1 aromatic rings. The highest BCUT2D eigenvalue weighted by molar-refractivity contribution is 9.12. The minimum Gasteiger partial charge on any atom is -0.396 e. The van der Waals surface area contributed by atoms with Crippen LogP contribution in [0.15, 0.2) is 13.6 Å². The number of nitrogens with zero attached hydrogens (tertiary/aromatic N) is 1. The molecule has 1 atom stereocenters. The first-order chi connectivity index (χ1) is 8.60.